The Morgan fingerprint density at radius 1 is 0.400 bits per heavy atom. The maximum absolute atomic E-state index is 2.53. The third-order valence-electron chi connectivity index (χ3n) is 9.37. The molecule has 8 aromatic rings. The molecule has 10 rings (SSSR count). The molecule has 2 heteroatoms. The van der Waals surface area contributed by atoms with Crippen LogP contribution in [0.25, 0.3) is 54.2 Å². The molecule has 8 aromatic carbocycles. The van der Waals surface area contributed by atoms with E-state index in [2.05, 4.69) is 138 Å². The lowest BCUT2D eigenvalue weighted by molar-refractivity contribution is 1.31. The monoisotopic (exact) mass is 503 g/mol. The average molecular weight is 503 g/mol. The van der Waals surface area contributed by atoms with Gasteiger partial charge >= 0.3 is 0 Å². The van der Waals surface area contributed by atoms with Gasteiger partial charge in [-0.15, -0.1) is 0 Å². The largest absolute Gasteiger partial charge is 0.311 e. The van der Waals surface area contributed by atoms with Gasteiger partial charge in [0, 0.05) is 16.8 Å². The van der Waals surface area contributed by atoms with Crippen LogP contribution in [-0.4, -0.2) is 6.71 Å². The van der Waals surface area contributed by atoms with E-state index < -0.39 is 0 Å². The first-order valence-corrected chi connectivity index (χ1v) is 14.1. The summed E-state index contributed by atoms with van der Waals surface area (Å²) in [5.41, 5.74) is 10.8. The number of anilines is 3. The maximum Gasteiger partial charge on any atom is 0.248 e. The Morgan fingerprint density at radius 3 is 1.93 bits per heavy atom. The van der Waals surface area contributed by atoms with E-state index in [9.17, 15) is 0 Å². The van der Waals surface area contributed by atoms with Crippen LogP contribution in [0.5, 0.6) is 0 Å². The van der Waals surface area contributed by atoms with Gasteiger partial charge in [0.1, 0.15) is 0 Å². The molecule has 1 nitrogen and oxygen atoms in total. The predicted molar refractivity (Wildman–Crippen MR) is 172 cm³/mol. The van der Waals surface area contributed by atoms with Crippen LogP contribution >= 0.6 is 0 Å². The molecule has 0 bridgehead atoms. The van der Waals surface area contributed by atoms with Crippen molar-refractivity contribution in [3.05, 3.63) is 133 Å². The first-order chi connectivity index (χ1) is 19.8. The summed E-state index contributed by atoms with van der Waals surface area (Å²) in [6.45, 7) is 0.234. The van der Waals surface area contributed by atoms with Gasteiger partial charge in [0.25, 0.3) is 0 Å². The van der Waals surface area contributed by atoms with E-state index in [4.69, 9.17) is 0 Å². The second-order valence-electron chi connectivity index (χ2n) is 11.3. The molecule has 0 saturated carbocycles. The first kappa shape index (κ1) is 20.8. The zero-order valence-electron chi connectivity index (χ0n) is 21.7. The minimum atomic E-state index is 0.234. The van der Waals surface area contributed by atoms with E-state index in [1.807, 2.05) is 0 Å². The van der Waals surface area contributed by atoms with Gasteiger partial charge in [0.15, 0.2) is 0 Å². The second kappa shape index (κ2) is 7.31. The molecule has 0 fully saturated rings. The summed E-state index contributed by atoms with van der Waals surface area (Å²) < 4.78 is 0. The number of benzene rings is 8. The number of fused-ring (bicyclic) bond motifs is 6. The fourth-order valence-electron chi connectivity index (χ4n) is 7.73. The molecule has 0 amide bonds. The van der Waals surface area contributed by atoms with Crippen molar-refractivity contribution < 1.29 is 0 Å². The van der Waals surface area contributed by atoms with E-state index >= 15 is 0 Å². The van der Waals surface area contributed by atoms with Crippen molar-refractivity contribution in [3.8, 4) is 11.1 Å². The highest BCUT2D eigenvalue weighted by Crippen LogP contribution is 2.46. The molecule has 0 radical (unpaired) electrons. The van der Waals surface area contributed by atoms with Crippen LogP contribution in [0.1, 0.15) is 0 Å². The van der Waals surface area contributed by atoms with E-state index in [1.54, 1.807) is 0 Å². The SMILES string of the molecule is c1ccc2c(c1)B1c3cc4ccccc4cc3-c3cccc(c31)N2c1ccc2ccc3cccc4ccc1c2c34. The third-order valence-corrected chi connectivity index (χ3v) is 9.37. The minimum Gasteiger partial charge on any atom is -0.311 e. The third kappa shape index (κ3) is 2.50. The van der Waals surface area contributed by atoms with E-state index in [0.717, 1.165) is 0 Å². The van der Waals surface area contributed by atoms with Crippen LogP contribution < -0.4 is 21.3 Å². The van der Waals surface area contributed by atoms with Gasteiger partial charge in [-0.3, -0.25) is 0 Å². The van der Waals surface area contributed by atoms with Crippen molar-refractivity contribution in [3.63, 3.8) is 0 Å². The maximum atomic E-state index is 2.53. The highest BCUT2D eigenvalue weighted by atomic mass is 15.2. The van der Waals surface area contributed by atoms with Gasteiger partial charge in [-0.1, -0.05) is 115 Å². The predicted octanol–water partition coefficient (Wildman–Crippen LogP) is 8.02. The summed E-state index contributed by atoms with van der Waals surface area (Å²) >= 11 is 0. The second-order valence-corrected chi connectivity index (χ2v) is 11.3. The molecule has 40 heavy (non-hydrogen) atoms. The van der Waals surface area contributed by atoms with E-state index in [-0.39, 0.29) is 6.71 Å². The molecular weight excluding hydrogens is 481 g/mol. The van der Waals surface area contributed by atoms with Crippen molar-refractivity contribution in [1.29, 1.82) is 0 Å². The molecule has 2 aliphatic heterocycles. The lowest BCUT2D eigenvalue weighted by Gasteiger charge is -2.36. The van der Waals surface area contributed by atoms with Gasteiger partial charge in [0.2, 0.25) is 6.71 Å². The van der Waals surface area contributed by atoms with E-state index in [0.29, 0.717) is 0 Å². The summed E-state index contributed by atoms with van der Waals surface area (Å²) in [5, 5.41) is 10.5. The lowest BCUT2D eigenvalue weighted by Crippen LogP contribution is -2.54. The molecule has 0 N–H and O–H groups in total. The molecule has 0 unspecified atom stereocenters. The van der Waals surface area contributed by atoms with Crippen LogP contribution in [0, 0.1) is 0 Å². The topological polar surface area (TPSA) is 3.24 Å². The standard InChI is InChI=1S/C38H22BN/c1-2-8-27-22-32-30(21-26(27)7-1)28-11-6-14-35-38(28)39(32)31-12-3-4-13-34(31)40(35)33-20-18-25-16-15-23-9-5-10-24-17-19-29(33)37(25)36(23)24/h1-22H. The molecule has 2 heterocycles. The zero-order valence-corrected chi connectivity index (χ0v) is 21.7. The fourth-order valence-corrected chi connectivity index (χ4v) is 7.73. The number of nitrogens with zero attached hydrogens (tertiary/aromatic N) is 1. The number of para-hydroxylation sites is 1. The minimum absolute atomic E-state index is 0.234. The van der Waals surface area contributed by atoms with Crippen LogP contribution in [0.4, 0.5) is 17.1 Å². The summed E-state index contributed by atoms with van der Waals surface area (Å²) in [6.07, 6.45) is 0. The normalized spacial score (nSPS) is 13.4. The molecule has 2 aliphatic rings. The number of rotatable bonds is 1. The Hall–Kier alpha value is -5.08. The quantitative estimate of drug-likeness (QED) is 0.162. The van der Waals surface area contributed by atoms with Crippen molar-refractivity contribution in [2.24, 2.45) is 0 Å². The molecular formula is C38H22BN. The smallest absolute Gasteiger partial charge is 0.248 e. The van der Waals surface area contributed by atoms with Crippen LogP contribution in [-0.2, 0) is 0 Å². The molecule has 0 saturated heterocycles. The Morgan fingerprint density at radius 2 is 1.05 bits per heavy atom. The Bertz CT molecular complexity index is 2330. The van der Waals surface area contributed by atoms with Crippen LogP contribution in [0.3, 0.4) is 0 Å². The summed E-state index contributed by atoms with van der Waals surface area (Å²) in [4.78, 5) is 2.53. The average Bonchev–Trinajstić information content (AvgIpc) is 3.33. The number of hydrogen-bond donors (Lipinski definition) is 0. The van der Waals surface area contributed by atoms with Gasteiger partial charge in [-0.25, -0.2) is 0 Å². The van der Waals surface area contributed by atoms with Crippen molar-refractivity contribution in [1.82, 2.24) is 0 Å². The first-order valence-electron chi connectivity index (χ1n) is 14.1. The molecule has 0 spiro atoms. The summed E-state index contributed by atoms with van der Waals surface area (Å²) in [6, 6.07) is 50.0. The highest BCUT2D eigenvalue weighted by Gasteiger charge is 2.42. The van der Waals surface area contributed by atoms with Gasteiger partial charge in [0.05, 0.1) is 5.69 Å². The molecule has 0 aromatic heterocycles. The lowest BCUT2D eigenvalue weighted by atomic mass is 9.37. The zero-order chi connectivity index (χ0) is 25.9. The van der Waals surface area contributed by atoms with Crippen LogP contribution in [0.15, 0.2) is 133 Å². The molecule has 182 valence electrons. The molecule has 0 atom stereocenters. The van der Waals surface area contributed by atoms with Crippen molar-refractivity contribution >= 4 is 83.3 Å². The highest BCUT2D eigenvalue weighted by molar-refractivity contribution is 7.01. The van der Waals surface area contributed by atoms with Gasteiger partial charge in [-0.05, 0) is 84.0 Å². The summed E-state index contributed by atoms with van der Waals surface area (Å²) in [5.74, 6) is 0. The van der Waals surface area contributed by atoms with Gasteiger partial charge in [-0.2, -0.15) is 0 Å². The van der Waals surface area contributed by atoms with Crippen molar-refractivity contribution in [2.45, 2.75) is 0 Å². The Kier molecular flexibility index (Phi) is 3.81. The van der Waals surface area contributed by atoms with Gasteiger partial charge < -0.3 is 4.90 Å². The van der Waals surface area contributed by atoms with E-state index in [1.165, 1.54) is 87.7 Å². The van der Waals surface area contributed by atoms with Crippen LogP contribution in [0.2, 0.25) is 0 Å². The molecule has 0 aliphatic carbocycles. The Labute approximate surface area is 232 Å². The van der Waals surface area contributed by atoms with Crippen molar-refractivity contribution in [2.75, 3.05) is 4.90 Å². The number of hydrogen-bond acceptors (Lipinski definition) is 1. The fraction of sp³-hybridized carbons (Fsp3) is 0. The Balaban J connectivity index is 1.31. The summed E-state index contributed by atoms with van der Waals surface area (Å²) in [7, 11) is 0.